The highest BCUT2D eigenvalue weighted by molar-refractivity contribution is 5.81. The van der Waals surface area contributed by atoms with E-state index in [1.807, 2.05) is 44.2 Å². The molecule has 2 aliphatic rings. The first-order chi connectivity index (χ1) is 15.1. The van der Waals surface area contributed by atoms with Crippen LogP contribution in [-0.2, 0) is 11.2 Å². The van der Waals surface area contributed by atoms with Crippen LogP contribution in [0.15, 0.2) is 48.7 Å². The zero-order valence-electron chi connectivity index (χ0n) is 17.4. The number of aromatic nitrogens is 2. The molecule has 3 aromatic rings. The lowest BCUT2D eigenvalue weighted by atomic mass is 10.0. The molecule has 31 heavy (non-hydrogen) atoms. The van der Waals surface area contributed by atoms with Crippen LogP contribution in [-0.4, -0.2) is 41.2 Å². The predicted molar refractivity (Wildman–Crippen MR) is 114 cm³/mol. The van der Waals surface area contributed by atoms with Gasteiger partial charge in [-0.3, -0.25) is 9.78 Å². The van der Waals surface area contributed by atoms with Gasteiger partial charge in [0, 0.05) is 18.2 Å². The lowest BCUT2D eigenvalue weighted by Gasteiger charge is -2.25. The molecule has 1 amide bonds. The zero-order valence-corrected chi connectivity index (χ0v) is 17.4. The van der Waals surface area contributed by atoms with E-state index in [1.165, 1.54) is 0 Å². The second-order valence-electron chi connectivity index (χ2n) is 7.82. The molecule has 0 saturated carbocycles. The number of hydrogen-bond acceptors (Lipinski definition) is 6. The molecule has 2 aliphatic heterocycles. The summed E-state index contributed by atoms with van der Waals surface area (Å²) in [7, 11) is 0. The summed E-state index contributed by atoms with van der Waals surface area (Å²) in [5, 5.41) is 2.93. The first-order valence-corrected chi connectivity index (χ1v) is 10.3. The van der Waals surface area contributed by atoms with Crippen molar-refractivity contribution < 1.29 is 19.0 Å². The van der Waals surface area contributed by atoms with Crippen LogP contribution in [0.5, 0.6) is 17.2 Å². The summed E-state index contributed by atoms with van der Waals surface area (Å²) >= 11 is 0. The van der Waals surface area contributed by atoms with Crippen molar-refractivity contribution in [1.29, 1.82) is 0 Å². The summed E-state index contributed by atoms with van der Waals surface area (Å²) in [6.07, 6.45) is 1.68. The molecule has 5 rings (SSSR count). The van der Waals surface area contributed by atoms with Crippen LogP contribution < -0.4 is 19.5 Å². The van der Waals surface area contributed by atoms with Gasteiger partial charge in [-0.1, -0.05) is 12.1 Å². The van der Waals surface area contributed by atoms with E-state index in [1.54, 1.807) is 12.3 Å². The molecule has 0 saturated heterocycles. The van der Waals surface area contributed by atoms with Gasteiger partial charge in [-0.25, -0.2) is 4.98 Å². The lowest BCUT2D eigenvalue weighted by Crippen LogP contribution is -2.46. The third kappa shape index (κ3) is 3.91. The number of ether oxygens (including phenoxy) is 3. The number of carbonyl (C=O) groups excluding carboxylic acids is 1. The molecular formula is C24H23N3O4. The minimum Gasteiger partial charge on any atom is -0.488 e. The molecule has 0 spiro atoms. The second-order valence-corrected chi connectivity index (χ2v) is 7.82. The van der Waals surface area contributed by atoms with E-state index >= 15 is 0 Å². The van der Waals surface area contributed by atoms with Crippen LogP contribution in [0.3, 0.4) is 0 Å². The number of hydrogen-bond donors (Lipinski definition) is 1. The summed E-state index contributed by atoms with van der Waals surface area (Å²) in [6, 6.07) is 13.4. The number of para-hydroxylation sites is 2. The molecule has 7 heteroatoms. The number of nitrogens with zero attached hydrogens (tertiary/aromatic N) is 2. The lowest BCUT2D eigenvalue weighted by molar-refractivity contribution is -0.130. The Balaban J connectivity index is 1.21. The SMILES string of the molecule is Cc1cnc(C)c(-c2ccc3c(c2)C[C@H](CNC(=O)[C@@H]2COc4ccccc4O2)O3)n1. The van der Waals surface area contributed by atoms with E-state index in [-0.39, 0.29) is 18.6 Å². The molecule has 7 nitrogen and oxygen atoms in total. The maximum Gasteiger partial charge on any atom is 0.264 e. The van der Waals surface area contributed by atoms with Crippen molar-refractivity contribution in [2.45, 2.75) is 32.5 Å². The number of benzene rings is 2. The minimum atomic E-state index is -0.673. The summed E-state index contributed by atoms with van der Waals surface area (Å²) in [5.74, 6) is 1.87. The molecule has 0 fully saturated rings. The fourth-order valence-electron chi connectivity index (χ4n) is 3.87. The van der Waals surface area contributed by atoms with Gasteiger partial charge in [-0.05, 0) is 49.7 Å². The first-order valence-electron chi connectivity index (χ1n) is 10.3. The van der Waals surface area contributed by atoms with Gasteiger partial charge >= 0.3 is 0 Å². The van der Waals surface area contributed by atoms with E-state index < -0.39 is 6.10 Å². The van der Waals surface area contributed by atoms with E-state index in [0.29, 0.717) is 24.5 Å². The number of carbonyl (C=O) groups is 1. The minimum absolute atomic E-state index is 0.129. The monoisotopic (exact) mass is 417 g/mol. The molecule has 1 aromatic heterocycles. The quantitative estimate of drug-likeness (QED) is 0.703. The Hall–Kier alpha value is -3.61. The summed E-state index contributed by atoms with van der Waals surface area (Å²) in [5.41, 5.74) is 4.78. The molecule has 0 aliphatic carbocycles. The van der Waals surface area contributed by atoms with Gasteiger partial charge in [0.15, 0.2) is 11.5 Å². The average molecular weight is 417 g/mol. The standard InChI is InChI=1S/C24H23N3O4/c1-14-11-25-15(2)23(27-14)16-7-8-19-17(9-16)10-18(30-19)12-26-24(28)22-13-29-20-5-3-4-6-21(20)31-22/h3-9,11,18,22H,10,12-13H2,1-2H3,(H,26,28)/t18-,22+/m1/s1. The Morgan fingerprint density at radius 2 is 1.94 bits per heavy atom. The number of amides is 1. The third-order valence-corrected chi connectivity index (χ3v) is 5.46. The number of fused-ring (bicyclic) bond motifs is 2. The van der Waals surface area contributed by atoms with E-state index in [4.69, 9.17) is 14.2 Å². The van der Waals surface area contributed by atoms with Crippen LogP contribution >= 0.6 is 0 Å². The largest absolute Gasteiger partial charge is 0.488 e. The fraction of sp³-hybridized carbons (Fsp3) is 0.292. The van der Waals surface area contributed by atoms with E-state index in [0.717, 1.165) is 34.0 Å². The molecule has 1 N–H and O–H groups in total. The molecular weight excluding hydrogens is 394 g/mol. The molecule has 0 unspecified atom stereocenters. The molecule has 2 atom stereocenters. The van der Waals surface area contributed by atoms with Crippen molar-refractivity contribution in [3.63, 3.8) is 0 Å². The van der Waals surface area contributed by atoms with Crippen LogP contribution in [0, 0.1) is 13.8 Å². The van der Waals surface area contributed by atoms with Crippen molar-refractivity contribution in [3.8, 4) is 28.5 Å². The summed E-state index contributed by atoms with van der Waals surface area (Å²) in [4.78, 5) is 21.6. The topological polar surface area (TPSA) is 82.6 Å². The van der Waals surface area contributed by atoms with Gasteiger partial charge in [-0.15, -0.1) is 0 Å². The van der Waals surface area contributed by atoms with Crippen molar-refractivity contribution in [1.82, 2.24) is 15.3 Å². The molecule has 2 aromatic carbocycles. The van der Waals surface area contributed by atoms with Gasteiger partial charge in [0.25, 0.3) is 5.91 Å². The average Bonchev–Trinajstić information content (AvgIpc) is 3.21. The van der Waals surface area contributed by atoms with E-state index in [9.17, 15) is 4.79 Å². The molecule has 3 heterocycles. The van der Waals surface area contributed by atoms with E-state index in [2.05, 4.69) is 21.4 Å². The molecule has 0 bridgehead atoms. The Bertz CT molecular complexity index is 1150. The maximum atomic E-state index is 12.6. The highest BCUT2D eigenvalue weighted by atomic mass is 16.6. The van der Waals surface area contributed by atoms with Gasteiger partial charge in [0.05, 0.1) is 23.6 Å². The van der Waals surface area contributed by atoms with Crippen molar-refractivity contribution >= 4 is 5.91 Å². The number of aryl methyl sites for hydroxylation is 2. The first kappa shape index (κ1) is 19.4. The highest BCUT2D eigenvalue weighted by Gasteiger charge is 2.29. The Morgan fingerprint density at radius 1 is 1.10 bits per heavy atom. The van der Waals surface area contributed by atoms with Crippen molar-refractivity contribution in [2.75, 3.05) is 13.2 Å². The number of rotatable bonds is 4. The van der Waals surface area contributed by atoms with Crippen molar-refractivity contribution in [3.05, 3.63) is 65.6 Å². The predicted octanol–water partition coefficient (Wildman–Crippen LogP) is 3.02. The Labute approximate surface area is 180 Å². The Morgan fingerprint density at radius 3 is 2.81 bits per heavy atom. The zero-order chi connectivity index (χ0) is 21.4. The normalized spacial score (nSPS) is 18.8. The molecule has 0 radical (unpaired) electrons. The maximum absolute atomic E-state index is 12.6. The van der Waals surface area contributed by atoms with Gasteiger partial charge < -0.3 is 19.5 Å². The fourth-order valence-corrected chi connectivity index (χ4v) is 3.87. The Kier molecular flexibility index (Phi) is 4.94. The van der Waals surface area contributed by atoms with Crippen LogP contribution in [0.4, 0.5) is 0 Å². The molecule has 158 valence electrons. The second kappa shape index (κ2) is 7.91. The third-order valence-electron chi connectivity index (χ3n) is 5.46. The highest BCUT2D eigenvalue weighted by Crippen LogP contribution is 2.33. The van der Waals surface area contributed by atoms with Gasteiger partial charge in [0.1, 0.15) is 18.5 Å². The van der Waals surface area contributed by atoms with Crippen LogP contribution in [0.25, 0.3) is 11.3 Å². The van der Waals surface area contributed by atoms with Gasteiger partial charge in [-0.2, -0.15) is 0 Å². The van der Waals surface area contributed by atoms with Crippen molar-refractivity contribution in [2.24, 2.45) is 0 Å². The van der Waals surface area contributed by atoms with Crippen LogP contribution in [0.2, 0.25) is 0 Å². The van der Waals surface area contributed by atoms with Crippen LogP contribution in [0.1, 0.15) is 17.0 Å². The number of nitrogens with one attached hydrogen (secondary N) is 1. The smallest absolute Gasteiger partial charge is 0.264 e. The summed E-state index contributed by atoms with van der Waals surface area (Å²) in [6.45, 7) is 4.48. The summed E-state index contributed by atoms with van der Waals surface area (Å²) < 4.78 is 17.4. The van der Waals surface area contributed by atoms with Gasteiger partial charge in [0.2, 0.25) is 6.10 Å².